The number of nitrogens with zero attached hydrogens (tertiary/aromatic N) is 2. The summed E-state index contributed by atoms with van der Waals surface area (Å²) < 4.78 is 16.2. The molecule has 1 aliphatic heterocycles. The van der Waals surface area contributed by atoms with Crippen molar-refractivity contribution in [2.45, 2.75) is 25.3 Å². The van der Waals surface area contributed by atoms with Gasteiger partial charge in [-0.05, 0) is 36.5 Å². The fourth-order valence-corrected chi connectivity index (χ4v) is 3.59. The summed E-state index contributed by atoms with van der Waals surface area (Å²) in [4.78, 5) is 12.3. The summed E-state index contributed by atoms with van der Waals surface area (Å²) in [5.41, 5.74) is 4.20. The molecule has 0 saturated carbocycles. The zero-order chi connectivity index (χ0) is 18.6. The number of aromatic nitrogens is 3. The number of methoxy groups -OCH3 is 2. The first kappa shape index (κ1) is 17.6. The van der Waals surface area contributed by atoms with Crippen molar-refractivity contribution >= 4 is 16.9 Å². The maximum Gasteiger partial charge on any atom is 0.154 e. The lowest BCUT2D eigenvalue weighted by atomic mass is 9.93. The minimum Gasteiger partial charge on any atom is -0.497 e. The maximum absolute atomic E-state index is 5.48. The fourth-order valence-electron chi connectivity index (χ4n) is 3.59. The number of rotatable bonds is 6. The number of anilines is 1. The van der Waals surface area contributed by atoms with Crippen LogP contribution in [-0.2, 0) is 11.3 Å². The zero-order valence-corrected chi connectivity index (χ0v) is 15.6. The van der Waals surface area contributed by atoms with Gasteiger partial charge in [0.2, 0.25) is 0 Å². The first-order valence-corrected chi connectivity index (χ1v) is 9.14. The van der Waals surface area contributed by atoms with Crippen LogP contribution < -0.4 is 14.8 Å². The van der Waals surface area contributed by atoms with Crippen LogP contribution >= 0.6 is 0 Å². The molecule has 142 valence electrons. The summed E-state index contributed by atoms with van der Waals surface area (Å²) in [6.07, 6.45) is 5.74. The average molecular weight is 368 g/mol. The molecule has 0 aliphatic carbocycles. The molecular weight excluding hydrogens is 344 g/mol. The summed E-state index contributed by atoms with van der Waals surface area (Å²) in [5.74, 6) is 2.82. The van der Waals surface area contributed by atoms with Crippen molar-refractivity contribution in [3.05, 3.63) is 41.9 Å². The van der Waals surface area contributed by atoms with Gasteiger partial charge in [0, 0.05) is 37.6 Å². The van der Waals surface area contributed by atoms with E-state index in [0.717, 1.165) is 60.0 Å². The molecule has 0 radical (unpaired) electrons. The predicted octanol–water partition coefficient (Wildman–Crippen LogP) is 3.48. The summed E-state index contributed by atoms with van der Waals surface area (Å²) in [6, 6.07) is 5.79. The quantitative estimate of drug-likeness (QED) is 0.693. The summed E-state index contributed by atoms with van der Waals surface area (Å²) in [7, 11) is 3.30. The topological polar surface area (TPSA) is 81.3 Å². The Bertz CT molecular complexity index is 919. The van der Waals surface area contributed by atoms with Gasteiger partial charge in [-0.3, -0.25) is 0 Å². The van der Waals surface area contributed by atoms with E-state index in [0.29, 0.717) is 12.5 Å². The van der Waals surface area contributed by atoms with E-state index in [4.69, 9.17) is 14.2 Å². The summed E-state index contributed by atoms with van der Waals surface area (Å²) >= 11 is 0. The van der Waals surface area contributed by atoms with E-state index in [-0.39, 0.29) is 0 Å². The zero-order valence-electron chi connectivity index (χ0n) is 15.6. The summed E-state index contributed by atoms with van der Waals surface area (Å²) in [6.45, 7) is 2.21. The Kier molecular flexibility index (Phi) is 5.11. The molecule has 1 saturated heterocycles. The first-order chi connectivity index (χ1) is 13.3. The molecule has 1 aromatic carbocycles. The Morgan fingerprint density at radius 3 is 2.81 bits per heavy atom. The first-order valence-electron chi connectivity index (χ1n) is 9.14. The smallest absolute Gasteiger partial charge is 0.154 e. The second-order valence-electron chi connectivity index (χ2n) is 6.61. The van der Waals surface area contributed by atoms with Gasteiger partial charge in [0.1, 0.15) is 23.3 Å². The van der Waals surface area contributed by atoms with E-state index >= 15 is 0 Å². The van der Waals surface area contributed by atoms with Crippen LogP contribution in [0.5, 0.6) is 11.5 Å². The van der Waals surface area contributed by atoms with E-state index in [9.17, 15) is 0 Å². The van der Waals surface area contributed by atoms with Crippen molar-refractivity contribution in [1.82, 2.24) is 15.0 Å². The highest BCUT2D eigenvalue weighted by Gasteiger charge is 2.21. The number of H-pyrrole nitrogens is 1. The number of benzene rings is 1. The van der Waals surface area contributed by atoms with Crippen LogP contribution in [0.3, 0.4) is 0 Å². The van der Waals surface area contributed by atoms with E-state index in [1.54, 1.807) is 20.5 Å². The monoisotopic (exact) mass is 368 g/mol. The third-order valence-corrected chi connectivity index (χ3v) is 5.09. The van der Waals surface area contributed by atoms with Gasteiger partial charge in [-0.25, -0.2) is 9.97 Å². The molecule has 0 unspecified atom stereocenters. The molecule has 0 atom stereocenters. The van der Waals surface area contributed by atoms with E-state index in [1.165, 1.54) is 5.56 Å². The molecule has 27 heavy (non-hydrogen) atoms. The lowest BCUT2D eigenvalue weighted by molar-refractivity contribution is 0.0856. The molecule has 7 nitrogen and oxygen atoms in total. The van der Waals surface area contributed by atoms with Crippen molar-refractivity contribution in [3.63, 3.8) is 0 Å². The van der Waals surface area contributed by atoms with Gasteiger partial charge in [0.15, 0.2) is 5.82 Å². The van der Waals surface area contributed by atoms with Gasteiger partial charge in [-0.15, -0.1) is 0 Å². The van der Waals surface area contributed by atoms with E-state index in [1.807, 2.05) is 18.2 Å². The second-order valence-corrected chi connectivity index (χ2v) is 6.61. The van der Waals surface area contributed by atoms with Gasteiger partial charge in [-0.1, -0.05) is 0 Å². The van der Waals surface area contributed by atoms with E-state index in [2.05, 4.69) is 26.5 Å². The fraction of sp³-hybridized carbons (Fsp3) is 0.400. The van der Waals surface area contributed by atoms with Crippen molar-refractivity contribution in [3.8, 4) is 11.5 Å². The van der Waals surface area contributed by atoms with Gasteiger partial charge >= 0.3 is 0 Å². The van der Waals surface area contributed by atoms with Crippen LogP contribution in [0.1, 0.15) is 29.9 Å². The Hall–Kier alpha value is -2.80. The Morgan fingerprint density at radius 1 is 1.19 bits per heavy atom. The number of fused-ring (bicyclic) bond motifs is 1. The highest BCUT2D eigenvalue weighted by atomic mass is 16.5. The molecule has 1 fully saturated rings. The van der Waals surface area contributed by atoms with Gasteiger partial charge in [-0.2, -0.15) is 0 Å². The third kappa shape index (κ3) is 3.55. The SMILES string of the molecule is COc1ccc(CNc2ncnc3c(C4CCOCC4)c[nH]c23)c(OC)c1. The molecule has 2 N–H and O–H groups in total. The molecule has 0 spiro atoms. The van der Waals surface area contributed by atoms with Crippen LogP contribution in [0.2, 0.25) is 0 Å². The Morgan fingerprint density at radius 2 is 2.04 bits per heavy atom. The largest absolute Gasteiger partial charge is 0.497 e. The highest BCUT2D eigenvalue weighted by molar-refractivity contribution is 5.88. The van der Waals surface area contributed by atoms with Gasteiger partial charge in [0.05, 0.1) is 19.7 Å². The predicted molar refractivity (Wildman–Crippen MR) is 104 cm³/mol. The minimum absolute atomic E-state index is 0.483. The molecule has 2 aromatic heterocycles. The highest BCUT2D eigenvalue weighted by Crippen LogP contribution is 2.33. The normalized spacial score (nSPS) is 15.0. The van der Waals surface area contributed by atoms with E-state index < -0.39 is 0 Å². The minimum atomic E-state index is 0.483. The molecule has 3 heterocycles. The molecule has 0 amide bonds. The van der Waals surface area contributed by atoms with Crippen LogP contribution in [-0.4, -0.2) is 42.4 Å². The van der Waals surface area contributed by atoms with Gasteiger partial charge < -0.3 is 24.5 Å². The molecular formula is C20H24N4O3. The average Bonchev–Trinajstić information content (AvgIpc) is 3.17. The number of hydrogen-bond donors (Lipinski definition) is 2. The van der Waals surface area contributed by atoms with Crippen LogP contribution in [0.15, 0.2) is 30.7 Å². The third-order valence-electron chi connectivity index (χ3n) is 5.09. The van der Waals surface area contributed by atoms with Crippen molar-refractivity contribution in [2.24, 2.45) is 0 Å². The van der Waals surface area contributed by atoms with Crippen LogP contribution in [0.4, 0.5) is 5.82 Å². The number of nitrogens with one attached hydrogen (secondary N) is 2. The number of aromatic amines is 1. The lowest BCUT2D eigenvalue weighted by Gasteiger charge is -2.21. The summed E-state index contributed by atoms with van der Waals surface area (Å²) in [5, 5.41) is 3.40. The molecule has 1 aliphatic rings. The Balaban J connectivity index is 1.57. The Labute approximate surface area is 158 Å². The molecule has 0 bridgehead atoms. The maximum atomic E-state index is 5.48. The second kappa shape index (κ2) is 7.84. The molecule has 3 aromatic rings. The van der Waals surface area contributed by atoms with Crippen molar-refractivity contribution in [1.29, 1.82) is 0 Å². The van der Waals surface area contributed by atoms with Crippen molar-refractivity contribution < 1.29 is 14.2 Å². The van der Waals surface area contributed by atoms with Crippen LogP contribution in [0.25, 0.3) is 11.0 Å². The van der Waals surface area contributed by atoms with Gasteiger partial charge in [0.25, 0.3) is 0 Å². The number of hydrogen-bond acceptors (Lipinski definition) is 6. The van der Waals surface area contributed by atoms with Crippen LogP contribution in [0, 0.1) is 0 Å². The molecule has 7 heteroatoms. The van der Waals surface area contributed by atoms with Crippen molar-refractivity contribution in [2.75, 3.05) is 32.8 Å². The molecule has 4 rings (SSSR count). The lowest BCUT2D eigenvalue weighted by Crippen LogP contribution is -2.14. The number of ether oxygens (including phenoxy) is 3. The standard InChI is InChI=1S/C20H24N4O3/c1-25-15-4-3-14(17(9-15)26-2)10-22-20-19-18(23-12-24-20)16(11-21-19)13-5-7-27-8-6-13/h3-4,9,11-13,21H,5-8,10H2,1-2H3,(H,22,23,24).